The highest BCUT2D eigenvalue weighted by Gasteiger charge is 2.20. The van der Waals surface area contributed by atoms with Gasteiger partial charge in [-0.05, 0) is 12.1 Å². The molecular formula is C11H14O5. The molecule has 5 nitrogen and oxygen atoms in total. The number of carboxylic acid groups (broad SMARTS) is 1. The Hall–Kier alpha value is -1.75. The molecule has 0 atom stereocenters. The van der Waals surface area contributed by atoms with Crippen LogP contribution in [0.3, 0.4) is 0 Å². The van der Waals surface area contributed by atoms with Crippen LogP contribution in [0.5, 0.6) is 11.5 Å². The average Bonchev–Trinajstić information content (AvgIpc) is 2.28. The first-order chi connectivity index (χ1) is 7.65. The van der Waals surface area contributed by atoms with Crippen molar-refractivity contribution in [1.82, 2.24) is 0 Å². The van der Waals surface area contributed by atoms with Crippen molar-refractivity contribution >= 4 is 5.97 Å². The Morgan fingerprint density at radius 1 is 1.25 bits per heavy atom. The molecule has 1 aromatic rings. The summed E-state index contributed by atoms with van der Waals surface area (Å²) in [5, 5.41) is 9.10. The number of methoxy groups -OCH3 is 3. The average molecular weight is 226 g/mol. The van der Waals surface area contributed by atoms with E-state index in [1.165, 1.54) is 21.3 Å². The van der Waals surface area contributed by atoms with Gasteiger partial charge in [-0.3, -0.25) is 0 Å². The van der Waals surface area contributed by atoms with Crippen molar-refractivity contribution in [1.29, 1.82) is 0 Å². The molecule has 0 heterocycles. The van der Waals surface area contributed by atoms with Crippen LogP contribution >= 0.6 is 0 Å². The van der Waals surface area contributed by atoms with Crippen molar-refractivity contribution < 1.29 is 24.1 Å². The van der Waals surface area contributed by atoms with Crippen molar-refractivity contribution in [2.24, 2.45) is 0 Å². The fourth-order valence-corrected chi connectivity index (χ4v) is 1.48. The highest BCUT2D eigenvalue weighted by molar-refractivity contribution is 5.94. The van der Waals surface area contributed by atoms with Gasteiger partial charge in [0.1, 0.15) is 17.1 Å². The zero-order valence-electron chi connectivity index (χ0n) is 9.44. The Bertz CT molecular complexity index is 386. The Kier molecular flexibility index (Phi) is 4.13. The Morgan fingerprint density at radius 2 is 1.94 bits per heavy atom. The monoisotopic (exact) mass is 226 g/mol. The number of hydrogen-bond acceptors (Lipinski definition) is 4. The van der Waals surface area contributed by atoms with Crippen LogP contribution in [0.15, 0.2) is 12.1 Å². The van der Waals surface area contributed by atoms with Gasteiger partial charge in [0.2, 0.25) is 0 Å². The molecule has 16 heavy (non-hydrogen) atoms. The third-order valence-electron chi connectivity index (χ3n) is 2.14. The second-order valence-corrected chi connectivity index (χ2v) is 3.07. The van der Waals surface area contributed by atoms with Crippen molar-refractivity contribution in [2.45, 2.75) is 6.61 Å². The summed E-state index contributed by atoms with van der Waals surface area (Å²) in [6, 6.07) is 3.30. The minimum Gasteiger partial charge on any atom is -0.496 e. The summed E-state index contributed by atoms with van der Waals surface area (Å²) in [6.45, 7) is 0.285. The first-order valence-electron chi connectivity index (χ1n) is 4.61. The molecule has 0 aromatic heterocycles. The van der Waals surface area contributed by atoms with Crippen molar-refractivity contribution in [3.8, 4) is 11.5 Å². The smallest absolute Gasteiger partial charge is 0.343 e. The van der Waals surface area contributed by atoms with Crippen LogP contribution in [-0.2, 0) is 11.3 Å². The summed E-state index contributed by atoms with van der Waals surface area (Å²) >= 11 is 0. The van der Waals surface area contributed by atoms with Crippen LogP contribution in [0.4, 0.5) is 0 Å². The van der Waals surface area contributed by atoms with Crippen LogP contribution in [0.2, 0.25) is 0 Å². The van der Waals surface area contributed by atoms with E-state index in [1.807, 2.05) is 0 Å². The van der Waals surface area contributed by atoms with E-state index in [-0.39, 0.29) is 23.7 Å². The number of rotatable bonds is 5. The van der Waals surface area contributed by atoms with Gasteiger partial charge in [-0.25, -0.2) is 4.79 Å². The van der Waals surface area contributed by atoms with Crippen LogP contribution < -0.4 is 9.47 Å². The van der Waals surface area contributed by atoms with Gasteiger partial charge in [0.15, 0.2) is 0 Å². The van der Waals surface area contributed by atoms with E-state index >= 15 is 0 Å². The number of benzene rings is 1. The molecular weight excluding hydrogens is 212 g/mol. The minimum atomic E-state index is -1.09. The number of carboxylic acids is 1. The maximum absolute atomic E-state index is 11.1. The molecule has 0 aliphatic carbocycles. The maximum Gasteiger partial charge on any atom is 0.343 e. The molecule has 0 amide bonds. The fraction of sp³-hybridized carbons (Fsp3) is 0.364. The maximum atomic E-state index is 11.1. The van der Waals surface area contributed by atoms with E-state index in [2.05, 4.69) is 0 Å². The van der Waals surface area contributed by atoms with Crippen LogP contribution in [-0.4, -0.2) is 32.4 Å². The lowest BCUT2D eigenvalue weighted by Gasteiger charge is -2.13. The second-order valence-electron chi connectivity index (χ2n) is 3.07. The molecule has 1 N–H and O–H groups in total. The van der Waals surface area contributed by atoms with Gasteiger partial charge in [0.25, 0.3) is 0 Å². The standard InChI is InChI=1S/C11H14O5/c1-14-6-7-4-5-8(15-2)9(11(12)13)10(7)16-3/h4-5H,6H2,1-3H3,(H,12,13). The summed E-state index contributed by atoms with van der Waals surface area (Å²) in [4.78, 5) is 11.1. The van der Waals surface area contributed by atoms with Crippen LogP contribution in [0.25, 0.3) is 0 Å². The van der Waals surface area contributed by atoms with Gasteiger partial charge in [0.05, 0.1) is 20.8 Å². The predicted octanol–water partition coefficient (Wildman–Crippen LogP) is 1.55. The van der Waals surface area contributed by atoms with Gasteiger partial charge < -0.3 is 19.3 Å². The lowest BCUT2D eigenvalue weighted by atomic mass is 10.1. The van der Waals surface area contributed by atoms with Crippen molar-refractivity contribution in [3.63, 3.8) is 0 Å². The Labute approximate surface area is 93.6 Å². The molecule has 0 spiro atoms. The third kappa shape index (κ3) is 2.25. The second kappa shape index (κ2) is 5.37. The molecule has 5 heteroatoms. The van der Waals surface area contributed by atoms with Gasteiger partial charge in [-0.2, -0.15) is 0 Å². The Balaban J connectivity index is 3.37. The van der Waals surface area contributed by atoms with Crippen molar-refractivity contribution in [3.05, 3.63) is 23.3 Å². The van der Waals surface area contributed by atoms with Crippen LogP contribution in [0.1, 0.15) is 15.9 Å². The Morgan fingerprint density at radius 3 is 2.38 bits per heavy atom. The summed E-state index contributed by atoms with van der Waals surface area (Å²) in [7, 11) is 4.36. The van der Waals surface area contributed by atoms with E-state index < -0.39 is 5.97 Å². The molecule has 0 radical (unpaired) electrons. The summed E-state index contributed by atoms with van der Waals surface area (Å²) in [5.41, 5.74) is 0.683. The van der Waals surface area contributed by atoms with Gasteiger partial charge in [0, 0.05) is 12.7 Å². The largest absolute Gasteiger partial charge is 0.496 e. The third-order valence-corrected chi connectivity index (χ3v) is 2.14. The zero-order chi connectivity index (χ0) is 12.1. The SMILES string of the molecule is COCc1ccc(OC)c(C(=O)O)c1OC. The van der Waals surface area contributed by atoms with Gasteiger partial charge in [-0.1, -0.05) is 0 Å². The highest BCUT2D eigenvalue weighted by Crippen LogP contribution is 2.32. The number of ether oxygens (including phenoxy) is 3. The molecule has 1 rings (SSSR count). The molecule has 0 aliphatic rings. The summed E-state index contributed by atoms with van der Waals surface area (Å²) in [5.74, 6) is -0.551. The first kappa shape index (κ1) is 12.3. The lowest BCUT2D eigenvalue weighted by molar-refractivity contribution is 0.0689. The quantitative estimate of drug-likeness (QED) is 0.825. The number of carbonyl (C=O) groups is 1. The van der Waals surface area contributed by atoms with Gasteiger partial charge >= 0.3 is 5.97 Å². The molecule has 0 bridgehead atoms. The van der Waals surface area contributed by atoms with Gasteiger partial charge in [-0.15, -0.1) is 0 Å². The summed E-state index contributed by atoms with van der Waals surface area (Å²) in [6.07, 6.45) is 0. The number of hydrogen-bond donors (Lipinski definition) is 1. The van der Waals surface area contributed by atoms with E-state index in [1.54, 1.807) is 12.1 Å². The fourth-order valence-electron chi connectivity index (χ4n) is 1.48. The highest BCUT2D eigenvalue weighted by atomic mass is 16.5. The lowest BCUT2D eigenvalue weighted by Crippen LogP contribution is -2.06. The molecule has 0 fully saturated rings. The molecule has 88 valence electrons. The molecule has 0 aliphatic heterocycles. The minimum absolute atomic E-state index is 0.0135. The zero-order valence-corrected chi connectivity index (χ0v) is 9.44. The normalized spacial score (nSPS) is 9.94. The molecule has 0 saturated carbocycles. The van der Waals surface area contributed by atoms with E-state index in [9.17, 15) is 4.79 Å². The molecule has 0 unspecified atom stereocenters. The molecule has 0 saturated heterocycles. The number of aromatic carboxylic acids is 1. The van der Waals surface area contributed by atoms with E-state index in [0.717, 1.165) is 0 Å². The topological polar surface area (TPSA) is 65.0 Å². The van der Waals surface area contributed by atoms with E-state index in [4.69, 9.17) is 19.3 Å². The molecule has 1 aromatic carbocycles. The summed E-state index contributed by atoms with van der Waals surface area (Å²) < 4.78 is 15.0. The van der Waals surface area contributed by atoms with E-state index in [0.29, 0.717) is 5.56 Å². The first-order valence-corrected chi connectivity index (χ1v) is 4.61. The van der Waals surface area contributed by atoms with Crippen LogP contribution in [0, 0.1) is 0 Å². The predicted molar refractivity (Wildman–Crippen MR) is 57.2 cm³/mol. The van der Waals surface area contributed by atoms with Crippen molar-refractivity contribution in [2.75, 3.05) is 21.3 Å².